The summed E-state index contributed by atoms with van der Waals surface area (Å²) in [5.41, 5.74) is 1.60. The number of halogens is 6. The van der Waals surface area contributed by atoms with Gasteiger partial charge in [-0.15, -0.1) is 0 Å². The predicted molar refractivity (Wildman–Crippen MR) is 39.9 cm³/mol. The lowest BCUT2D eigenvalue weighted by atomic mass is 10.3. The van der Waals surface area contributed by atoms with Gasteiger partial charge in [-0.1, -0.05) is 0 Å². The fourth-order valence-electron chi connectivity index (χ4n) is 0.879. The summed E-state index contributed by atoms with van der Waals surface area (Å²) in [6.07, 6.45) is -9.93. The largest absolute Gasteiger partial charge is 0.433 e. The molecule has 0 spiro atoms. The second kappa shape index (κ2) is 3.89. The maximum atomic E-state index is 12.2. The van der Waals surface area contributed by atoms with Gasteiger partial charge in [-0.05, 0) is 6.07 Å². The Labute approximate surface area is 85.3 Å². The number of rotatable bonds is 1. The molecule has 0 radical (unpaired) electrons. The van der Waals surface area contributed by atoms with Crippen LogP contribution in [0.2, 0.25) is 0 Å². The third-order valence-electron chi connectivity index (χ3n) is 1.54. The van der Waals surface area contributed by atoms with Crippen LogP contribution < -0.4 is 5.73 Å². The molecule has 0 aliphatic heterocycles. The maximum Gasteiger partial charge on any atom is 0.433 e. The Bertz CT molecular complexity index is 350. The monoisotopic (exact) mass is 245 g/mol. The summed E-state index contributed by atoms with van der Waals surface area (Å²) < 4.78 is 73.0. The summed E-state index contributed by atoms with van der Waals surface area (Å²) in [6.45, 7) is -0.604. The lowest BCUT2D eigenvalue weighted by Crippen LogP contribution is -2.18. The average Bonchev–Trinajstić information content (AvgIpc) is 2.14. The van der Waals surface area contributed by atoms with Gasteiger partial charge in [-0.25, -0.2) is 9.97 Å². The number of nitrogens with two attached hydrogens (primary N) is 1. The van der Waals surface area contributed by atoms with Gasteiger partial charge in [0.15, 0.2) is 0 Å². The minimum Gasteiger partial charge on any atom is -0.324 e. The van der Waals surface area contributed by atoms with Crippen LogP contribution in [0.5, 0.6) is 0 Å². The fourth-order valence-corrected chi connectivity index (χ4v) is 0.879. The Morgan fingerprint density at radius 1 is 0.938 bits per heavy atom. The lowest BCUT2D eigenvalue weighted by Gasteiger charge is -2.11. The lowest BCUT2D eigenvalue weighted by molar-refractivity contribution is -0.147. The first kappa shape index (κ1) is 12.7. The van der Waals surface area contributed by atoms with E-state index in [2.05, 4.69) is 9.97 Å². The number of hydrogen-bond donors (Lipinski definition) is 1. The van der Waals surface area contributed by atoms with Crippen molar-refractivity contribution in [3.05, 3.63) is 23.3 Å². The Hall–Kier alpha value is -1.38. The van der Waals surface area contributed by atoms with Crippen LogP contribution in [0.3, 0.4) is 0 Å². The highest BCUT2D eigenvalue weighted by Gasteiger charge is 2.39. The van der Waals surface area contributed by atoms with E-state index < -0.39 is 36.1 Å². The van der Waals surface area contributed by atoms with Crippen LogP contribution in [0.15, 0.2) is 6.07 Å². The van der Waals surface area contributed by atoms with Gasteiger partial charge in [-0.2, -0.15) is 26.3 Å². The van der Waals surface area contributed by atoms with Gasteiger partial charge >= 0.3 is 12.4 Å². The third kappa shape index (κ3) is 2.81. The number of alkyl halides is 6. The van der Waals surface area contributed by atoms with Crippen LogP contribution >= 0.6 is 0 Å². The second-order valence-corrected chi connectivity index (χ2v) is 2.75. The molecule has 2 N–H and O–H groups in total. The zero-order chi connectivity index (χ0) is 12.6. The van der Waals surface area contributed by atoms with E-state index in [1.807, 2.05) is 0 Å². The molecule has 1 heterocycles. The Kier molecular flexibility index (Phi) is 3.08. The second-order valence-electron chi connectivity index (χ2n) is 2.75. The van der Waals surface area contributed by atoms with Crippen LogP contribution in [0.4, 0.5) is 26.3 Å². The van der Waals surface area contributed by atoms with Gasteiger partial charge in [-0.3, -0.25) is 0 Å². The van der Waals surface area contributed by atoms with Gasteiger partial charge in [0.2, 0.25) is 0 Å². The topological polar surface area (TPSA) is 51.8 Å². The molecule has 0 fully saturated rings. The zero-order valence-electron chi connectivity index (χ0n) is 7.52. The van der Waals surface area contributed by atoms with E-state index in [4.69, 9.17) is 5.73 Å². The van der Waals surface area contributed by atoms with Crippen molar-refractivity contribution in [3.8, 4) is 0 Å². The standard InChI is InChI=1S/C7H5F6N3/c8-6(9,10)3-1-4(7(11,12)13)16-5(2-14)15-3/h1H,2,14H2. The molecule has 0 aromatic carbocycles. The molecule has 0 atom stereocenters. The SMILES string of the molecule is NCc1nc(C(F)(F)F)cc(C(F)(F)F)n1. The minimum absolute atomic E-state index is 0.154. The molecule has 0 amide bonds. The molecule has 0 saturated carbocycles. The van der Waals surface area contributed by atoms with Crippen LogP contribution in [-0.4, -0.2) is 9.97 Å². The van der Waals surface area contributed by atoms with Crippen molar-refractivity contribution in [3.63, 3.8) is 0 Å². The van der Waals surface area contributed by atoms with Crippen molar-refractivity contribution in [2.24, 2.45) is 5.73 Å². The fraction of sp³-hybridized carbons (Fsp3) is 0.429. The predicted octanol–water partition coefficient (Wildman–Crippen LogP) is 1.97. The van der Waals surface area contributed by atoms with E-state index in [0.717, 1.165) is 0 Å². The summed E-state index contributed by atoms with van der Waals surface area (Å²) in [7, 11) is 0. The third-order valence-corrected chi connectivity index (χ3v) is 1.54. The summed E-state index contributed by atoms with van der Waals surface area (Å²) >= 11 is 0. The highest BCUT2D eigenvalue weighted by molar-refractivity contribution is 5.16. The van der Waals surface area contributed by atoms with Crippen molar-refractivity contribution >= 4 is 0 Å². The van der Waals surface area contributed by atoms with Crippen molar-refractivity contribution in [2.45, 2.75) is 18.9 Å². The van der Waals surface area contributed by atoms with E-state index in [0.29, 0.717) is 0 Å². The van der Waals surface area contributed by atoms with Crippen LogP contribution in [-0.2, 0) is 18.9 Å². The zero-order valence-corrected chi connectivity index (χ0v) is 7.52. The number of aromatic nitrogens is 2. The molecule has 0 saturated heterocycles. The highest BCUT2D eigenvalue weighted by Crippen LogP contribution is 2.33. The van der Waals surface area contributed by atoms with Gasteiger partial charge in [0.1, 0.15) is 17.2 Å². The summed E-state index contributed by atoms with van der Waals surface area (Å²) in [5, 5.41) is 0. The minimum atomic E-state index is -4.97. The maximum absolute atomic E-state index is 12.2. The summed E-state index contributed by atoms with van der Waals surface area (Å²) in [6, 6.07) is -0.154. The molecular weight excluding hydrogens is 240 g/mol. The van der Waals surface area contributed by atoms with Gasteiger partial charge in [0.05, 0.1) is 6.54 Å². The van der Waals surface area contributed by atoms with Crippen molar-refractivity contribution in [1.29, 1.82) is 0 Å². The first-order valence-corrected chi connectivity index (χ1v) is 3.87. The molecule has 0 bridgehead atoms. The molecule has 90 valence electrons. The molecule has 1 rings (SSSR count). The van der Waals surface area contributed by atoms with E-state index in [1.165, 1.54) is 0 Å². The van der Waals surface area contributed by atoms with Gasteiger partial charge < -0.3 is 5.73 Å². The molecule has 0 aliphatic rings. The van der Waals surface area contributed by atoms with Crippen molar-refractivity contribution in [1.82, 2.24) is 9.97 Å². The van der Waals surface area contributed by atoms with Crippen LogP contribution in [0.25, 0.3) is 0 Å². The molecule has 0 aliphatic carbocycles. The normalized spacial score (nSPS) is 12.9. The molecule has 1 aromatic rings. The van der Waals surface area contributed by atoms with Crippen molar-refractivity contribution in [2.75, 3.05) is 0 Å². The number of hydrogen-bond acceptors (Lipinski definition) is 3. The van der Waals surface area contributed by atoms with E-state index in [1.54, 1.807) is 0 Å². The number of nitrogens with zero attached hydrogens (tertiary/aromatic N) is 2. The first-order valence-electron chi connectivity index (χ1n) is 3.87. The summed E-state index contributed by atoms with van der Waals surface area (Å²) in [5.74, 6) is -0.706. The molecular formula is C7H5F6N3. The Morgan fingerprint density at radius 2 is 1.31 bits per heavy atom. The van der Waals surface area contributed by atoms with Crippen LogP contribution in [0, 0.1) is 0 Å². The quantitative estimate of drug-likeness (QED) is 0.769. The highest BCUT2D eigenvalue weighted by atomic mass is 19.4. The van der Waals surface area contributed by atoms with Crippen molar-refractivity contribution < 1.29 is 26.3 Å². The Morgan fingerprint density at radius 3 is 1.56 bits per heavy atom. The molecule has 16 heavy (non-hydrogen) atoms. The first-order chi connectivity index (χ1) is 7.14. The van der Waals surface area contributed by atoms with E-state index in [9.17, 15) is 26.3 Å². The molecule has 9 heteroatoms. The molecule has 0 unspecified atom stereocenters. The molecule has 1 aromatic heterocycles. The van der Waals surface area contributed by atoms with E-state index in [-0.39, 0.29) is 6.07 Å². The van der Waals surface area contributed by atoms with Gasteiger partial charge in [0.25, 0.3) is 0 Å². The van der Waals surface area contributed by atoms with Gasteiger partial charge in [0, 0.05) is 0 Å². The Balaban J connectivity index is 3.33. The summed E-state index contributed by atoms with van der Waals surface area (Å²) in [4.78, 5) is 5.75. The van der Waals surface area contributed by atoms with E-state index >= 15 is 0 Å². The average molecular weight is 245 g/mol. The van der Waals surface area contributed by atoms with Crippen LogP contribution in [0.1, 0.15) is 17.2 Å². The smallest absolute Gasteiger partial charge is 0.324 e. The molecule has 3 nitrogen and oxygen atoms in total.